The molecule has 0 bridgehead atoms. The molecule has 2 N–H and O–H groups in total. The minimum Gasteiger partial charge on any atom is -0.365 e. The molecule has 0 saturated carbocycles. The van der Waals surface area contributed by atoms with Crippen molar-refractivity contribution >= 4 is 5.91 Å². The van der Waals surface area contributed by atoms with Gasteiger partial charge in [0.1, 0.15) is 6.10 Å². The van der Waals surface area contributed by atoms with Crippen LogP contribution in [-0.2, 0) is 9.53 Å². The molecule has 2 heterocycles. The number of nitrogens with two attached hydrogens (primary N) is 1. The lowest BCUT2D eigenvalue weighted by Gasteiger charge is -2.24. The smallest absolute Gasteiger partial charge is 0.251 e. The predicted octanol–water partition coefficient (Wildman–Crippen LogP) is 0.437. The van der Waals surface area contributed by atoms with Crippen molar-refractivity contribution in [1.82, 2.24) is 9.80 Å². The Labute approximate surface area is 116 Å². The van der Waals surface area contributed by atoms with Crippen LogP contribution in [0.4, 0.5) is 0 Å². The first-order chi connectivity index (χ1) is 9.20. The molecule has 0 aromatic heterocycles. The summed E-state index contributed by atoms with van der Waals surface area (Å²) in [5.41, 5.74) is 5.55. The number of carbonyl (C=O) groups is 1. The van der Waals surface area contributed by atoms with Crippen LogP contribution in [0.3, 0.4) is 0 Å². The standard InChI is InChI=1S/C14H27N3O2/c1-12-4-5-13(19-12)14(18)17-9-3-8-16(10-11-17)7-2-6-15/h12-13H,2-11,15H2,1H3. The molecule has 0 aromatic rings. The van der Waals surface area contributed by atoms with Gasteiger partial charge in [0.25, 0.3) is 5.91 Å². The molecule has 0 aromatic carbocycles. The molecule has 2 rings (SSSR count). The highest BCUT2D eigenvalue weighted by molar-refractivity contribution is 5.81. The average molecular weight is 269 g/mol. The topological polar surface area (TPSA) is 58.8 Å². The van der Waals surface area contributed by atoms with Gasteiger partial charge in [-0.1, -0.05) is 0 Å². The lowest BCUT2D eigenvalue weighted by molar-refractivity contribution is -0.142. The minimum atomic E-state index is -0.189. The van der Waals surface area contributed by atoms with E-state index >= 15 is 0 Å². The molecule has 0 spiro atoms. The van der Waals surface area contributed by atoms with E-state index in [-0.39, 0.29) is 18.1 Å². The Bertz CT molecular complexity index is 298. The number of hydrogen-bond donors (Lipinski definition) is 1. The SMILES string of the molecule is CC1CCC(C(=O)N2CCCN(CCCN)CC2)O1. The molecule has 2 aliphatic heterocycles. The zero-order chi connectivity index (χ0) is 13.7. The van der Waals surface area contributed by atoms with Gasteiger partial charge in [-0.25, -0.2) is 0 Å². The van der Waals surface area contributed by atoms with Crippen molar-refractivity contribution in [3.8, 4) is 0 Å². The maximum absolute atomic E-state index is 12.4. The molecule has 2 unspecified atom stereocenters. The summed E-state index contributed by atoms with van der Waals surface area (Å²) in [6.07, 6.45) is 4.03. The zero-order valence-electron chi connectivity index (χ0n) is 12.0. The van der Waals surface area contributed by atoms with Gasteiger partial charge in [-0.2, -0.15) is 0 Å². The van der Waals surface area contributed by atoms with E-state index in [1.165, 1.54) is 0 Å². The highest BCUT2D eigenvalue weighted by atomic mass is 16.5. The van der Waals surface area contributed by atoms with Gasteiger partial charge in [-0.05, 0) is 52.2 Å². The third-order valence-electron chi connectivity index (χ3n) is 4.09. The molecule has 110 valence electrons. The Kier molecular flexibility index (Phi) is 5.60. The van der Waals surface area contributed by atoms with Gasteiger partial charge in [0.2, 0.25) is 0 Å². The van der Waals surface area contributed by atoms with Crippen LogP contribution in [0.2, 0.25) is 0 Å². The molecule has 0 aliphatic carbocycles. The number of hydrogen-bond acceptors (Lipinski definition) is 4. The van der Waals surface area contributed by atoms with Crippen LogP contribution in [0.1, 0.15) is 32.6 Å². The van der Waals surface area contributed by atoms with Crippen LogP contribution in [0.5, 0.6) is 0 Å². The molecule has 2 aliphatic rings. The van der Waals surface area contributed by atoms with Gasteiger partial charge in [0.15, 0.2) is 0 Å². The molecule has 2 saturated heterocycles. The van der Waals surface area contributed by atoms with Crippen LogP contribution in [0, 0.1) is 0 Å². The summed E-state index contributed by atoms with van der Waals surface area (Å²) < 4.78 is 5.69. The van der Waals surface area contributed by atoms with E-state index in [4.69, 9.17) is 10.5 Å². The maximum atomic E-state index is 12.4. The highest BCUT2D eigenvalue weighted by Crippen LogP contribution is 2.21. The van der Waals surface area contributed by atoms with Crippen molar-refractivity contribution in [3.63, 3.8) is 0 Å². The van der Waals surface area contributed by atoms with E-state index < -0.39 is 0 Å². The third kappa shape index (κ3) is 4.16. The molecule has 5 heteroatoms. The highest BCUT2D eigenvalue weighted by Gasteiger charge is 2.32. The van der Waals surface area contributed by atoms with Gasteiger partial charge in [0.05, 0.1) is 6.10 Å². The van der Waals surface area contributed by atoms with Gasteiger partial charge < -0.3 is 20.3 Å². The fourth-order valence-corrected chi connectivity index (χ4v) is 2.92. The molecule has 2 atom stereocenters. The number of amides is 1. The van der Waals surface area contributed by atoms with Crippen molar-refractivity contribution in [2.45, 2.75) is 44.8 Å². The van der Waals surface area contributed by atoms with E-state index in [1.807, 2.05) is 11.8 Å². The molecular formula is C14H27N3O2. The normalized spacial score (nSPS) is 29.5. The van der Waals surface area contributed by atoms with Crippen molar-refractivity contribution in [2.75, 3.05) is 39.3 Å². The number of carbonyl (C=O) groups excluding carboxylic acids is 1. The van der Waals surface area contributed by atoms with Crippen molar-refractivity contribution in [2.24, 2.45) is 5.73 Å². The summed E-state index contributed by atoms with van der Waals surface area (Å²) in [6.45, 7) is 7.58. The monoisotopic (exact) mass is 269 g/mol. The average Bonchev–Trinajstić information content (AvgIpc) is 2.71. The van der Waals surface area contributed by atoms with E-state index in [0.29, 0.717) is 0 Å². The van der Waals surface area contributed by atoms with Gasteiger partial charge in [-0.3, -0.25) is 4.79 Å². The fourth-order valence-electron chi connectivity index (χ4n) is 2.92. The van der Waals surface area contributed by atoms with Gasteiger partial charge >= 0.3 is 0 Å². The van der Waals surface area contributed by atoms with E-state index in [1.54, 1.807) is 0 Å². The second-order valence-corrected chi connectivity index (χ2v) is 5.68. The summed E-state index contributed by atoms with van der Waals surface area (Å²) in [5, 5.41) is 0. The molecule has 0 radical (unpaired) electrons. The Hall–Kier alpha value is -0.650. The number of ether oxygens (including phenoxy) is 1. The van der Waals surface area contributed by atoms with E-state index in [0.717, 1.165) is 65.0 Å². The first-order valence-electron chi connectivity index (χ1n) is 7.57. The largest absolute Gasteiger partial charge is 0.365 e. The zero-order valence-corrected chi connectivity index (χ0v) is 12.0. The molecule has 5 nitrogen and oxygen atoms in total. The van der Waals surface area contributed by atoms with Crippen LogP contribution in [0.15, 0.2) is 0 Å². The predicted molar refractivity (Wildman–Crippen MR) is 74.9 cm³/mol. The summed E-state index contributed by atoms with van der Waals surface area (Å²) in [6, 6.07) is 0. The summed E-state index contributed by atoms with van der Waals surface area (Å²) in [5.74, 6) is 0.199. The lowest BCUT2D eigenvalue weighted by Crippen LogP contribution is -2.41. The van der Waals surface area contributed by atoms with E-state index in [9.17, 15) is 4.79 Å². The molecule has 1 amide bonds. The van der Waals surface area contributed by atoms with Crippen LogP contribution < -0.4 is 5.73 Å². The van der Waals surface area contributed by atoms with Gasteiger partial charge in [0, 0.05) is 19.6 Å². The van der Waals surface area contributed by atoms with E-state index in [2.05, 4.69) is 4.90 Å². The first-order valence-corrected chi connectivity index (χ1v) is 7.57. The van der Waals surface area contributed by atoms with Crippen LogP contribution in [0.25, 0.3) is 0 Å². The third-order valence-corrected chi connectivity index (χ3v) is 4.09. The minimum absolute atomic E-state index is 0.189. The Morgan fingerprint density at radius 2 is 2.11 bits per heavy atom. The first kappa shape index (κ1) is 14.8. The second-order valence-electron chi connectivity index (χ2n) is 5.68. The van der Waals surface area contributed by atoms with Gasteiger partial charge in [-0.15, -0.1) is 0 Å². The molecule has 2 fully saturated rings. The summed E-state index contributed by atoms with van der Waals surface area (Å²) >= 11 is 0. The van der Waals surface area contributed by atoms with Crippen LogP contribution in [-0.4, -0.2) is 67.2 Å². The lowest BCUT2D eigenvalue weighted by atomic mass is 10.2. The quantitative estimate of drug-likeness (QED) is 0.804. The molecule has 19 heavy (non-hydrogen) atoms. The number of rotatable bonds is 4. The second kappa shape index (κ2) is 7.22. The Morgan fingerprint density at radius 1 is 1.26 bits per heavy atom. The fraction of sp³-hybridized carbons (Fsp3) is 0.929. The maximum Gasteiger partial charge on any atom is 0.251 e. The summed E-state index contributed by atoms with van der Waals surface area (Å²) in [4.78, 5) is 16.8. The van der Waals surface area contributed by atoms with Crippen LogP contribution >= 0.6 is 0 Å². The van der Waals surface area contributed by atoms with Crippen molar-refractivity contribution in [3.05, 3.63) is 0 Å². The Balaban J connectivity index is 1.80. The van der Waals surface area contributed by atoms with Crippen molar-refractivity contribution in [1.29, 1.82) is 0 Å². The molecular weight excluding hydrogens is 242 g/mol. The number of nitrogens with zero attached hydrogens (tertiary/aromatic N) is 2. The van der Waals surface area contributed by atoms with Crippen molar-refractivity contribution < 1.29 is 9.53 Å². The Morgan fingerprint density at radius 3 is 2.79 bits per heavy atom. The summed E-state index contributed by atoms with van der Waals surface area (Å²) in [7, 11) is 0.